The van der Waals surface area contributed by atoms with Gasteiger partial charge in [0.05, 0.1) is 12.6 Å². The van der Waals surface area contributed by atoms with Crippen molar-refractivity contribution in [1.29, 1.82) is 0 Å². The van der Waals surface area contributed by atoms with Gasteiger partial charge in [0.1, 0.15) is 0 Å². The Morgan fingerprint density at radius 1 is 1.00 bits per heavy atom. The lowest BCUT2D eigenvalue weighted by molar-refractivity contribution is 0.768. The normalized spacial score (nSPS) is 18.1. The van der Waals surface area contributed by atoms with E-state index in [2.05, 4.69) is 77.9 Å². The lowest BCUT2D eigenvalue weighted by atomic mass is 9.99. The molecule has 2 aromatic rings. The van der Waals surface area contributed by atoms with E-state index < -0.39 is 0 Å². The Labute approximate surface area is 124 Å². The number of nitrogens with zero attached hydrogens (tertiary/aromatic N) is 1. The minimum atomic E-state index is 0.161. The monoisotopic (exact) mass is 282 g/mol. The molecule has 0 bridgehead atoms. The second-order valence-corrected chi connectivity index (χ2v) is 6.40. The molecule has 0 amide bonds. The van der Waals surface area contributed by atoms with Crippen LogP contribution in [-0.4, -0.2) is 17.0 Å². The molecule has 0 spiro atoms. The number of thioether (sulfide) groups is 1. The van der Waals surface area contributed by atoms with Crippen LogP contribution in [0.2, 0.25) is 0 Å². The van der Waals surface area contributed by atoms with E-state index in [0.29, 0.717) is 5.25 Å². The van der Waals surface area contributed by atoms with E-state index in [9.17, 15) is 0 Å². The summed E-state index contributed by atoms with van der Waals surface area (Å²) in [4.78, 5) is 4.58. The van der Waals surface area contributed by atoms with Gasteiger partial charge in [0.15, 0.2) is 5.17 Å². The zero-order valence-corrected chi connectivity index (χ0v) is 12.3. The zero-order chi connectivity index (χ0) is 13.8. The Morgan fingerprint density at radius 3 is 2.00 bits per heavy atom. The fourth-order valence-electron chi connectivity index (χ4n) is 2.33. The van der Waals surface area contributed by atoms with E-state index in [0.717, 1.165) is 11.7 Å². The maximum absolute atomic E-state index is 4.58. The molecule has 2 aromatic carbocycles. The molecule has 1 unspecified atom stereocenters. The Balaban J connectivity index is 1.88. The number of hydrogen-bond donors (Lipinski definition) is 1. The first-order valence-corrected chi connectivity index (χ1v) is 7.78. The molecule has 0 saturated carbocycles. The summed E-state index contributed by atoms with van der Waals surface area (Å²) < 4.78 is 0. The predicted octanol–water partition coefficient (Wildman–Crippen LogP) is 3.86. The van der Waals surface area contributed by atoms with Gasteiger partial charge in [-0.1, -0.05) is 79.3 Å². The van der Waals surface area contributed by atoms with Crippen molar-refractivity contribution in [2.24, 2.45) is 4.99 Å². The number of aliphatic imine (C=N–C) groups is 1. The average Bonchev–Trinajstić information content (AvgIpc) is 2.92. The summed E-state index contributed by atoms with van der Waals surface area (Å²) in [7, 11) is 0. The average molecular weight is 282 g/mol. The summed E-state index contributed by atoms with van der Waals surface area (Å²) in [6, 6.07) is 21.2. The van der Waals surface area contributed by atoms with E-state index in [4.69, 9.17) is 0 Å². The molecule has 3 rings (SSSR count). The topological polar surface area (TPSA) is 24.4 Å². The predicted molar refractivity (Wildman–Crippen MR) is 87.2 cm³/mol. The van der Waals surface area contributed by atoms with Gasteiger partial charge < -0.3 is 5.32 Å². The molecular formula is C17H18N2S. The highest BCUT2D eigenvalue weighted by Gasteiger charge is 2.20. The van der Waals surface area contributed by atoms with Crippen molar-refractivity contribution in [3.63, 3.8) is 0 Å². The highest BCUT2D eigenvalue weighted by molar-refractivity contribution is 8.14. The molecule has 0 aliphatic carbocycles. The van der Waals surface area contributed by atoms with Crippen LogP contribution in [0.4, 0.5) is 0 Å². The molecule has 1 N–H and O–H groups in total. The summed E-state index contributed by atoms with van der Waals surface area (Å²) >= 11 is 1.82. The molecule has 0 fully saturated rings. The first-order chi connectivity index (χ1) is 9.83. The van der Waals surface area contributed by atoms with E-state index in [1.54, 1.807) is 0 Å². The number of hydrogen-bond acceptors (Lipinski definition) is 3. The molecule has 1 aliphatic rings. The Morgan fingerprint density at radius 2 is 1.55 bits per heavy atom. The quantitative estimate of drug-likeness (QED) is 0.924. The molecule has 1 heterocycles. The van der Waals surface area contributed by atoms with Crippen LogP contribution in [0.3, 0.4) is 0 Å². The second kappa shape index (κ2) is 6.14. The van der Waals surface area contributed by atoms with Gasteiger partial charge >= 0.3 is 0 Å². The van der Waals surface area contributed by atoms with Crippen LogP contribution in [0, 0.1) is 0 Å². The van der Waals surface area contributed by atoms with Gasteiger partial charge in [0.25, 0.3) is 0 Å². The summed E-state index contributed by atoms with van der Waals surface area (Å²) in [5.74, 6) is 0. The number of benzene rings is 2. The second-order valence-electron chi connectivity index (χ2n) is 4.97. The third kappa shape index (κ3) is 3.05. The van der Waals surface area contributed by atoms with E-state index >= 15 is 0 Å². The molecule has 1 aliphatic heterocycles. The van der Waals surface area contributed by atoms with Gasteiger partial charge in [-0.2, -0.15) is 0 Å². The fraction of sp³-hybridized carbons (Fsp3) is 0.235. The third-order valence-corrected chi connectivity index (χ3v) is 4.36. The first kappa shape index (κ1) is 13.3. The highest BCUT2D eigenvalue weighted by Crippen LogP contribution is 2.26. The summed E-state index contributed by atoms with van der Waals surface area (Å²) in [6.07, 6.45) is 0. The molecular weight excluding hydrogens is 264 g/mol. The summed E-state index contributed by atoms with van der Waals surface area (Å²) in [5, 5.41) is 5.22. The maximum atomic E-state index is 4.58. The maximum Gasteiger partial charge on any atom is 0.157 e. The minimum absolute atomic E-state index is 0.161. The molecule has 102 valence electrons. The van der Waals surface area contributed by atoms with Gasteiger partial charge in [-0.05, 0) is 11.1 Å². The number of rotatable bonds is 3. The van der Waals surface area contributed by atoms with Gasteiger partial charge in [0.2, 0.25) is 0 Å². The van der Waals surface area contributed by atoms with Crippen molar-refractivity contribution in [2.45, 2.75) is 18.2 Å². The molecule has 20 heavy (non-hydrogen) atoms. The molecule has 2 nitrogen and oxygen atoms in total. The number of nitrogens with one attached hydrogen (secondary N) is 1. The standard InChI is InChI=1S/C17H18N2S/c1-13-12-18-17(20-13)19-16(14-8-4-2-5-9-14)15-10-6-3-7-11-15/h2-11,13,16H,12H2,1H3,(H,18,19). The zero-order valence-electron chi connectivity index (χ0n) is 11.5. The molecule has 3 heteroatoms. The van der Waals surface area contributed by atoms with E-state index in [1.807, 2.05) is 11.8 Å². The van der Waals surface area contributed by atoms with Crippen LogP contribution >= 0.6 is 11.8 Å². The van der Waals surface area contributed by atoms with Crippen molar-refractivity contribution in [3.05, 3.63) is 71.8 Å². The largest absolute Gasteiger partial charge is 0.354 e. The van der Waals surface area contributed by atoms with E-state index in [-0.39, 0.29) is 6.04 Å². The SMILES string of the molecule is CC1CN=C(NC(c2ccccc2)c2ccccc2)S1. The van der Waals surface area contributed by atoms with Crippen LogP contribution in [0.15, 0.2) is 65.7 Å². The molecule has 0 saturated heterocycles. The van der Waals surface area contributed by atoms with Gasteiger partial charge in [-0.25, -0.2) is 0 Å². The van der Waals surface area contributed by atoms with Gasteiger partial charge in [-0.15, -0.1) is 0 Å². The van der Waals surface area contributed by atoms with Crippen LogP contribution in [-0.2, 0) is 0 Å². The molecule has 1 atom stereocenters. The van der Waals surface area contributed by atoms with Crippen molar-refractivity contribution < 1.29 is 0 Å². The lowest BCUT2D eigenvalue weighted by Crippen LogP contribution is -2.26. The van der Waals surface area contributed by atoms with Crippen molar-refractivity contribution >= 4 is 16.9 Å². The highest BCUT2D eigenvalue weighted by atomic mass is 32.2. The van der Waals surface area contributed by atoms with Crippen LogP contribution in [0.25, 0.3) is 0 Å². The smallest absolute Gasteiger partial charge is 0.157 e. The van der Waals surface area contributed by atoms with Crippen molar-refractivity contribution in [1.82, 2.24) is 5.32 Å². The Kier molecular flexibility index (Phi) is 4.07. The first-order valence-electron chi connectivity index (χ1n) is 6.90. The minimum Gasteiger partial charge on any atom is -0.354 e. The summed E-state index contributed by atoms with van der Waals surface area (Å²) in [6.45, 7) is 3.12. The Hall–Kier alpha value is -1.74. The lowest BCUT2D eigenvalue weighted by Gasteiger charge is -2.20. The van der Waals surface area contributed by atoms with Crippen LogP contribution < -0.4 is 5.32 Å². The van der Waals surface area contributed by atoms with Crippen LogP contribution in [0.5, 0.6) is 0 Å². The number of amidine groups is 1. The third-order valence-electron chi connectivity index (χ3n) is 3.34. The Bertz CT molecular complexity index is 541. The molecule has 0 radical (unpaired) electrons. The van der Waals surface area contributed by atoms with Crippen LogP contribution in [0.1, 0.15) is 24.1 Å². The van der Waals surface area contributed by atoms with Crippen molar-refractivity contribution in [3.8, 4) is 0 Å². The van der Waals surface area contributed by atoms with Gasteiger partial charge in [-0.3, -0.25) is 4.99 Å². The van der Waals surface area contributed by atoms with Gasteiger partial charge in [0, 0.05) is 5.25 Å². The molecule has 0 aromatic heterocycles. The fourth-order valence-corrected chi connectivity index (χ4v) is 3.19. The van der Waals surface area contributed by atoms with Crippen molar-refractivity contribution in [2.75, 3.05) is 6.54 Å². The van der Waals surface area contributed by atoms with E-state index in [1.165, 1.54) is 11.1 Å². The summed E-state index contributed by atoms with van der Waals surface area (Å²) in [5.41, 5.74) is 2.53.